The maximum Gasteiger partial charge on any atom is 0.263 e. The summed E-state index contributed by atoms with van der Waals surface area (Å²) in [6, 6.07) is 8.20. The highest BCUT2D eigenvalue weighted by Crippen LogP contribution is 2.28. The molecule has 2 heterocycles. The Kier molecular flexibility index (Phi) is 5.05. The van der Waals surface area contributed by atoms with E-state index in [-0.39, 0.29) is 5.91 Å². The van der Waals surface area contributed by atoms with Gasteiger partial charge < -0.3 is 9.88 Å². The average molecular weight is 340 g/mol. The Morgan fingerprint density at radius 3 is 2.75 bits per heavy atom. The van der Waals surface area contributed by atoms with E-state index in [9.17, 15) is 4.79 Å². The molecule has 124 valence electrons. The van der Waals surface area contributed by atoms with Crippen molar-refractivity contribution in [2.24, 2.45) is 0 Å². The van der Waals surface area contributed by atoms with Crippen molar-refractivity contribution in [2.45, 2.75) is 26.8 Å². The van der Waals surface area contributed by atoms with E-state index < -0.39 is 0 Å². The van der Waals surface area contributed by atoms with Gasteiger partial charge in [-0.25, -0.2) is 9.97 Å². The third-order valence-electron chi connectivity index (χ3n) is 3.74. The van der Waals surface area contributed by atoms with Crippen LogP contribution in [0.4, 0.5) is 0 Å². The van der Waals surface area contributed by atoms with Gasteiger partial charge in [-0.3, -0.25) is 4.79 Å². The molecular weight excluding hydrogens is 320 g/mol. The molecule has 0 fully saturated rings. The highest BCUT2D eigenvalue weighted by Gasteiger charge is 2.15. The number of aromatic nitrogens is 3. The summed E-state index contributed by atoms with van der Waals surface area (Å²) in [4.78, 5) is 21.6. The first kappa shape index (κ1) is 16.4. The Morgan fingerprint density at radius 2 is 2.04 bits per heavy atom. The summed E-state index contributed by atoms with van der Waals surface area (Å²) in [6.07, 6.45) is 6.32. The molecule has 0 aliphatic carbocycles. The van der Waals surface area contributed by atoms with Crippen LogP contribution in [0.5, 0.6) is 0 Å². The fraction of sp³-hybridized carbons (Fsp3) is 0.278. The molecule has 0 aliphatic heterocycles. The minimum absolute atomic E-state index is 0.0472. The topological polar surface area (TPSA) is 59.8 Å². The minimum Gasteiger partial charge on any atom is -0.351 e. The zero-order valence-corrected chi connectivity index (χ0v) is 14.6. The quantitative estimate of drug-likeness (QED) is 0.699. The van der Waals surface area contributed by atoms with E-state index in [0.29, 0.717) is 11.4 Å². The van der Waals surface area contributed by atoms with Gasteiger partial charge in [0.05, 0.1) is 12.0 Å². The Morgan fingerprint density at radius 1 is 1.25 bits per heavy atom. The summed E-state index contributed by atoms with van der Waals surface area (Å²) in [5.41, 5.74) is 3.04. The summed E-state index contributed by atoms with van der Waals surface area (Å²) in [5.74, 6) is -0.0472. The molecule has 24 heavy (non-hydrogen) atoms. The Bertz CT molecular complexity index is 806. The van der Waals surface area contributed by atoms with Gasteiger partial charge in [-0.05, 0) is 20.3 Å². The van der Waals surface area contributed by atoms with Crippen molar-refractivity contribution < 1.29 is 4.79 Å². The highest BCUT2D eigenvalue weighted by atomic mass is 32.1. The lowest BCUT2D eigenvalue weighted by Gasteiger charge is -2.04. The summed E-state index contributed by atoms with van der Waals surface area (Å²) < 4.78 is 2.00. The molecule has 1 amide bonds. The average Bonchev–Trinajstić information content (AvgIpc) is 3.22. The van der Waals surface area contributed by atoms with Crippen molar-refractivity contribution >= 4 is 17.2 Å². The van der Waals surface area contributed by atoms with Crippen LogP contribution in [-0.2, 0) is 6.54 Å². The molecule has 1 N–H and O–H groups in total. The number of nitrogens with zero attached hydrogens (tertiary/aromatic N) is 3. The molecule has 5 nitrogen and oxygen atoms in total. The van der Waals surface area contributed by atoms with Crippen LogP contribution in [0.1, 0.15) is 27.3 Å². The SMILES string of the molecule is Cc1ccc(-c2nc(C)c(C(=O)NCCCn3ccnc3)s2)cc1. The Balaban J connectivity index is 1.59. The number of benzene rings is 1. The molecule has 0 spiro atoms. The van der Waals surface area contributed by atoms with Gasteiger partial charge in [0.15, 0.2) is 0 Å². The molecule has 0 aliphatic rings. The number of aryl methyl sites for hydroxylation is 3. The van der Waals surface area contributed by atoms with E-state index in [4.69, 9.17) is 0 Å². The third-order valence-corrected chi connectivity index (χ3v) is 4.94. The van der Waals surface area contributed by atoms with Crippen molar-refractivity contribution in [2.75, 3.05) is 6.54 Å². The molecule has 1 aromatic carbocycles. The standard InChI is InChI=1S/C18H20N4OS/c1-13-4-6-15(7-5-13)18-21-14(2)16(24-18)17(23)20-8-3-10-22-11-9-19-12-22/h4-7,9,11-12H,3,8,10H2,1-2H3,(H,20,23). The first-order valence-electron chi connectivity index (χ1n) is 7.92. The molecular formula is C18H20N4OS. The monoisotopic (exact) mass is 340 g/mol. The van der Waals surface area contributed by atoms with Crippen molar-refractivity contribution in [1.29, 1.82) is 0 Å². The zero-order valence-electron chi connectivity index (χ0n) is 13.8. The molecule has 0 atom stereocenters. The van der Waals surface area contributed by atoms with Crippen LogP contribution in [-0.4, -0.2) is 27.0 Å². The van der Waals surface area contributed by atoms with Gasteiger partial charge in [-0.1, -0.05) is 29.8 Å². The smallest absolute Gasteiger partial charge is 0.263 e. The van der Waals surface area contributed by atoms with Crippen molar-refractivity contribution in [3.05, 3.63) is 59.1 Å². The summed E-state index contributed by atoms with van der Waals surface area (Å²) in [5, 5.41) is 3.86. The van der Waals surface area contributed by atoms with Crippen LogP contribution in [0.25, 0.3) is 10.6 Å². The predicted octanol–water partition coefficient (Wildman–Crippen LogP) is 3.44. The normalized spacial score (nSPS) is 10.8. The molecule has 6 heteroatoms. The van der Waals surface area contributed by atoms with E-state index in [2.05, 4.69) is 34.3 Å². The van der Waals surface area contributed by atoms with Crippen LogP contribution in [0.2, 0.25) is 0 Å². The summed E-state index contributed by atoms with van der Waals surface area (Å²) in [6.45, 7) is 5.42. The van der Waals surface area contributed by atoms with Gasteiger partial charge in [0.25, 0.3) is 5.91 Å². The number of hydrogen-bond acceptors (Lipinski definition) is 4. The number of amides is 1. The molecule has 0 saturated carbocycles. The minimum atomic E-state index is -0.0472. The Labute approximate surface area is 145 Å². The highest BCUT2D eigenvalue weighted by molar-refractivity contribution is 7.17. The van der Waals surface area contributed by atoms with Crippen molar-refractivity contribution in [3.63, 3.8) is 0 Å². The number of rotatable bonds is 6. The molecule has 0 radical (unpaired) electrons. The first-order chi connectivity index (χ1) is 11.6. The zero-order chi connectivity index (χ0) is 16.9. The lowest BCUT2D eigenvalue weighted by atomic mass is 10.2. The molecule has 0 unspecified atom stereocenters. The number of hydrogen-bond donors (Lipinski definition) is 1. The molecule has 0 saturated heterocycles. The van der Waals surface area contributed by atoms with Gasteiger partial charge in [-0.15, -0.1) is 11.3 Å². The predicted molar refractivity (Wildman–Crippen MR) is 96.2 cm³/mol. The lowest BCUT2D eigenvalue weighted by molar-refractivity contribution is 0.0956. The summed E-state index contributed by atoms with van der Waals surface area (Å²) >= 11 is 1.44. The van der Waals surface area contributed by atoms with Gasteiger partial charge in [-0.2, -0.15) is 0 Å². The van der Waals surface area contributed by atoms with Crippen LogP contribution in [0.15, 0.2) is 43.0 Å². The molecule has 0 bridgehead atoms. The second-order valence-corrected chi connectivity index (χ2v) is 6.71. The maximum absolute atomic E-state index is 12.4. The molecule has 3 rings (SSSR count). The fourth-order valence-corrected chi connectivity index (χ4v) is 3.38. The second-order valence-electron chi connectivity index (χ2n) is 5.71. The molecule has 3 aromatic rings. The summed E-state index contributed by atoms with van der Waals surface area (Å²) in [7, 11) is 0. The van der Waals surface area contributed by atoms with Gasteiger partial charge in [0, 0.05) is 31.0 Å². The van der Waals surface area contributed by atoms with Crippen LogP contribution in [0, 0.1) is 13.8 Å². The van der Waals surface area contributed by atoms with Gasteiger partial charge >= 0.3 is 0 Å². The number of nitrogens with one attached hydrogen (secondary N) is 1. The number of thiazole rings is 1. The largest absolute Gasteiger partial charge is 0.351 e. The Hall–Kier alpha value is -2.47. The van der Waals surface area contributed by atoms with Crippen LogP contribution < -0.4 is 5.32 Å². The maximum atomic E-state index is 12.4. The van der Waals surface area contributed by atoms with Crippen molar-refractivity contribution in [1.82, 2.24) is 19.9 Å². The van der Waals surface area contributed by atoms with E-state index in [1.807, 2.05) is 29.8 Å². The van der Waals surface area contributed by atoms with Crippen molar-refractivity contribution in [3.8, 4) is 10.6 Å². The van der Waals surface area contributed by atoms with Crippen LogP contribution >= 0.6 is 11.3 Å². The number of carbonyl (C=O) groups excluding carboxylic acids is 1. The van der Waals surface area contributed by atoms with Gasteiger partial charge in [0.1, 0.15) is 9.88 Å². The van der Waals surface area contributed by atoms with Crippen LogP contribution in [0.3, 0.4) is 0 Å². The van der Waals surface area contributed by atoms with E-state index >= 15 is 0 Å². The van der Waals surface area contributed by atoms with E-state index in [1.54, 1.807) is 12.5 Å². The number of imidazole rings is 1. The molecule has 2 aromatic heterocycles. The lowest BCUT2D eigenvalue weighted by Crippen LogP contribution is -2.25. The van der Waals surface area contributed by atoms with Gasteiger partial charge in [0.2, 0.25) is 0 Å². The van der Waals surface area contributed by atoms with E-state index in [1.165, 1.54) is 16.9 Å². The number of carbonyl (C=O) groups is 1. The second kappa shape index (κ2) is 7.40. The third kappa shape index (κ3) is 3.89. The fourth-order valence-electron chi connectivity index (χ4n) is 2.39. The first-order valence-corrected chi connectivity index (χ1v) is 8.73. The van der Waals surface area contributed by atoms with E-state index in [0.717, 1.165) is 29.2 Å².